The molecule has 0 saturated carbocycles. The van der Waals surface area contributed by atoms with E-state index in [2.05, 4.69) is 62.5 Å². The van der Waals surface area contributed by atoms with Crippen LogP contribution in [-0.2, 0) is 25.6 Å². The van der Waals surface area contributed by atoms with Crippen LogP contribution in [0.3, 0.4) is 0 Å². The van der Waals surface area contributed by atoms with Crippen LogP contribution in [0, 0.1) is 0 Å². The normalized spacial score (nSPS) is 17.6. The zero-order valence-electron chi connectivity index (χ0n) is 18.7. The number of hydrogen-bond acceptors (Lipinski definition) is 6. The Morgan fingerprint density at radius 1 is 1.00 bits per heavy atom. The Hall–Kier alpha value is 2.98. The second-order valence-corrected chi connectivity index (χ2v) is 58.0. The maximum Gasteiger partial charge on any atom is 0.332 e. The van der Waals surface area contributed by atoms with Gasteiger partial charge < -0.3 is 10.3 Å². The van der Waals surface area contributed by atoms with Crippen LogP contribution >= 0.6 is 105 Å². The van der Waals surface area contributed by atoms with Gasteiger partial charge in [-0.15, -0.1) is 53.6 Å². The average Bonchev–Trinajstić information content (AvgIpc) is 3.25. The maximum absolute atomic E-state index is 13.6. The van der Waals surface area contributed by atoms with Crippen LogP contribution in [0.1, 0.15) is 18.2 Å². The maximum atomic E-state index is 13.6. The summed E-state index contributed by atoms with van der Waals surface area (Å²) >= 11 is 0. The van der Waals surface area contributed by atoms with Crippen molar-refractivity contribution in [2.45, 2.75) is 28.7 Å². The van der Waals surface area contributed by atoms with Crippen LogP contribution in [0.5, 0.6) is 0 Å². The molecule has 0 bridgehead atoms. The van der Waals surface area contributed by atoms with Gasteiger partial charge in [0.05, 0.1) is 15.5 Å². The zero-order valence-corrected chi connectivity index (χ0v) is 32.9. The lowest BCUT2D eigenvalue weighted by Gasteiger charge is -2.36. The van der Waals surface area contributed by atoms with Gasteiger partial charge in [0.2, 0.25) is 9.84 Å². The Kier molecular flexibility index (Phi) is 13.4. The summed E-state index contributed by atoms with van der Waals surface area (Å²) in [5.74, 6) is -0.483. The summed E-state index contributed by atoms with van der Waals surface area (Å²) in [6.45, 7) is -2.74. The quantitative estimate of drug-likeness (QED) is 0.259. The van der Waals surface area contributed by atoms with Crippen molar-refractivity contribution in [3.63, 3.8) is 0 Å². The van der Waals surface area contributed by atoms with Crippen molar-refractivity contribution in [3.8, 4) is 0 Å². The minimum Gasteiger partial charge on any atom is -0.433 e. The van der Waals surface area contributed by atoms with Gasteiger partial charge in [0.25, 0.3) is 5.56 Å². The number of nitrogens with zero attached hydrogens (tertiary/aromatic N) is 1. The summed E-state index contributed by atoms with van der Waals surface area (Å²) in [4.78, 5) is 26.8. The van der Waals surface area contributed by atoms with Gasteiger partial charge in [0.1, 0.15) is 6.04 Å². The van der Waals surface area contributed by atoms with Crippen molar-refractivity contribution in [3.05, 3.63) is 52.4 Å². The van der Waals surface area contributed by atoms with Gasteiger partial charge in [0, 0.05) is 19.7 Å². The zero-order chi connectivity index (χ0) is 26.9. The van der Waals surface area contributed by atoms with E-state index in [4.69, 9.17) is 10.3 Å². The van der Waals surface area contributed by atoms with Crippen LogP contribution in [-0.4, -0.2) is 19.0 Å². The predicted molar refractivity (Wildman–Crippen MR) is 190 cm³/mol. The summed E-state index contributed by atoms with van der Waals surface area (Å²) in [5.41, 5.74) is 5.53. The van der Waals surface area contributed by atoms with Crippen molar-refractivity contribution in [1.29, 1.82) is 0 Å². The second-order valence-electron chi connectivity index (χ2n) is 7.35. The monoisotopic (exact) mass is 750 g/mol. The molecule has 0 amide bonds. The molecule has 3 rings (SSSR count). The highest BCUT2D eigenvalue weighted by molar-refractivity contribution is 9.19. The van der Waals surface area contributed by atoms with Gasteiger partial charge in [-0.3, -0.25) is 9.36 Å². The molecule has 7 nitrogen and oxygen atoms in total. The van der Waals surface area contributed by atoms with Gasteiger partial charge in [-0.2, -0.15) is 0 Å². The van der Waals surface area contributed by atoms with Crippen molar-refractivity contribution in [1.82, 2.24) is 4.57 Å². The average molecular weight is 750 g/mol. The molecule has 2 N–H and O–H groups in total. The number of nitrogen functional groups attached to an aromatic ring is 1. The molecule has 0 radical (unpaired) electrons. The molecule has 1 aliphatic heterocycles. The molecule has 0 spiro atoms. The number of sulfone groups is 1. The predicted octanol–water partition coefficient (Wildman–Crippen LogP) is 8.21. The van der Waals surface area contributed by atoms with Gasteiger partial charge in [0.15, 0.2) is 7.53 Å². The Morgan fingerprint density at radius 2 is 1.58 bits per heavy atom. The molecule has 0 aliphatic carbocycles. The first-order valence-corrected chi connectivity index (χ1v) is 34.2. The number of fused-ring (bicyclic) bond motifs is 1. The summed E-state index contributed by atoms with van der Waals surface area (Å²) in [6, 6.07) is 8.33. The third-order valence-corrected chi connectivity index (χ3v) is 77.5. The summed E-state index contributed by atoms with van der Waals surface area (Å²) in [6.07, 6.45) is 0.549. The first-order chi connectivity index (χ1) is 16.8. The fourth-order valence-electron chi connectivity index (χ4n) is 3.51. The van der Waals surface area contributed by atoms with E-state index in [1.54, 1.807) is 18.2 Å². The summed E-state index contributed by atoms with van der Waals surface area (Å²) in [7, 11) is 15.1. The standard InChI is InChI=1S/C15H27N2O5P13S/c16-10-8-13(36(20,21)9-4-2-1-3-5-9)11-6-7-12(17(11)14(10)18)15(19)22-30(34(29)31(23)24)35(32(25)26)33(27)28/h1-5,8,12H,6-7,16,23-29H2. The number of nitrogens with two attached hydrogens (primary N) is 1. The summed E-state index contributed by atoms with van der Waals surface area (Å²) < 4.78 is 34.4. The van der Waals surface area contributed by atoms with Crippen molar-refractivity contribution < 1.29 is 17.7 Å². The Bertz CT molecular complexity index is 1270. The van der Waals surface area contributed by atoms with Crippen LogP contribution in [0.15, 0.2) is 51.0 Å². The van der Waals surface area contributed by atoms with Gasteiger partial charge >= 0.3 is 5.97 Å². The van der Waals surface area contributed by atoms with E-state index < -0.39 is 69.9 Å². The first-order valence-electron chi connectivity index (χ1n) is 9.88. The van der Waals surface area contributed by atoms with Crippen LogP contribution in [0.4, 0.5) is 5.69 Å². The fourth-order valence-corrected chi connectivity index (χ4v) is 100. The molecule has 198 valence electrons. The Morgan fingerprint density at radius 3 is 2.11 bits per heavy atom. The molecule has 10 atom stereocenters. The van der Waals surface area contributed by atoms with E-state index in [9.17, 15) is 18.0 Å². The van der Waals surface area contributed by atoms with E-state index in [-0.39, 0.29) is 28.3 Å². The molecular weight excluding hydrogens is 723 g/mol. The second kappa shape index (κ2) is 14.4. The number of anilines is 1. The molecule has 0 fully saturated rings. The van der Waals surface area contributed by atoms with Crippen LogP contribution < -0.4 is 11.3 Å². The van der Waals surface area contributed by atoms with E-state index in [1.165, 1.54) is 22.8 Å². The molecule has 1 aromatic carbocycles. The van der Waals surface area contributed by atoms with Gasteiger partial charge in [-0.05, 0) is 52.0 Å². The van der Waals surface area contributed by atoms with Gasteiger partial charge in [-0.1, -0.05) is 27.1 Å². The highest BCUT2D eigenvalue weighted by Crippen LogP contribution is 3.17. The lowest BCUT2D eigenvalue weighted by molar-refractivity contribution is -0.136. The van der Waals surface area contributed by atoms with Crippen molar-refractivity contribution in [2.24, 2.45) is 0 Å². The number of carbonyl (C=O) groups is 1. The number of rotatable bonds is 9. The fraction of sp³-hybridized carbons (Fsp3) is 0.200. The van der Waals surface area contributed by atoms with Crippen LogP contribution in [0.25, 0.3) is 0 Å². The molecule has 10 unspecified atom stereocenters. The number of pyridine rings is 1. The third-order valence-electron chi connectivity index (χ3n) is 5.06. The van der Waals surface area contributed by atoms with E-state index >= 15 is 0 Å². The van der Waals surface area contributed by atoms with Crippen molar-refractivity contribution in [2.75, 3.05) is 5.73 Å². The summed E-state index contributed by atoms with van der Waals surface area (Å²) in [5, 5.41) is 0. The molecule has 0 saturated heterocycles. The molecule has 2 aromatic rings. The number of aromatic nitrogens is 1. The minimum atomic E-state index is -3.93. The topological polar surface area (TPSA) is 108 Å². The number of carbonyl (C=O) groups excluding carboxylic acids is 1. The molecular formula is C15H27N2O5P13S. The number of benzene rings is 1. The van der Waals surface area contributed by atoms with E-state index in [0.717, 1.165) is 0 Å². The lowest BCUT2D eigenvalue weighted by atomic mass is 10.2. The first kappa shape index (κ1) is 33.5. The number of hydrogen-bond donors (Lipinski definition) is 1. The lowest BCUT2D eigenvalue weighted by Crippen LogP contribution is -2.31. The van der Waals surface area contributed by atoms with Crippen LogP contribution in [0.2, 0.25) is 0 Å². The Balaban J connectivity index is 2.05. The molecule has 2 heterocycles. The molecule has 36 heavy (non-hydrogen) atoms. The molecule has 1 aliphatic rings. The largest absolute Gasteiger partial charge is 0.433 e. The third kappa shape index (κ3) is 7.48. The molecule has 21 heteroatoms. The van der Waals surface area contributed by atoms with E-state index in [1.807, 2.05) is 0 Å². The van der Waals surface area contributed by atoms with E-state index in [0.29, 0.717) is 5.69 Å². The Labute approximate surface area is 234 Å². The SMILES string of the molecule is Nc1cc(S(=O)(=O)c2ccccc2)c2n(c1=O)C(C(=O)OP(P(P)P(P)P)P(P(P)P)P(P)P)CC2. The minimum absolute atomic E-state index is 0.0331. The highest BCUT2D eigenvalue weighted by Gasteiger charge is 2.42. The smallest absolute Gasteiger partial charge is 0.332 e. The molecule has 1 aromatic heterocycles. The van der Waals surface area contributed by atoms with Crippen molar-refractivity contribution >= 4 is 126 Å². The highest BCUT2D eigenvalue weighted by atomic mass is 33.2. The van der Waals surface area contributed by atoms with Gasteiger partial charge in [-0.25, -0.2) is 13.2 Å².